The summed E-state index contributed by atoms with van der Waals surface area (Å²) in [6.45, 7) is 0. The smallest absolute Gasteiger partial charge is 0.443 e. The molecule has 219 valence electrons. The maximum Gasteiger partial charge on any atom is 2.00 e. The molecular weight excluding hydrogens is 669 g/mol. The maximum absolute atomic E-state index is 6.64. The van der Waals surface area contributed by atoms with Crippen molar-refractivity contribution in [2.45, 2.75) is 5.54 Å². The Morgan fingerprint density at radius 1 is 0.587 bits per heavy atom. The topological polar surface area (TPSA) is 26.0 Å². The number of rotatable bonds is 5. The summed E-state index contributed by atoms with van der Waals surface area (Å²) < 4.78 is 6.64. The summed E-state index contributed by atoms with van der Waals surface area (Å²) in [5.74, 6) is 0.623. The number of benzene rings is 7. The summed E-state index contributed by atoms with van der Waals surface area (Å²) in [7, 11) is -1.31. The first-order valence-electron chi connectivity index (χ1n) is 15.3. The Bertz CT molecular complexity index is 2290. The molecule has 0 fully saturated rings. The standard InChI is InChI=1S/C42H26NOSi.Pd/c1-4-13-28(14-5-1)30-24-23-29-15-12-22-36(37(29)27-30)42-43-40-38(44-42)26-25-34-33-20-10-11-21-35(33)41(39(34)40)45(31-16-6-2-7-17-31)32-18-8-3-9-19-32;/h1-13,15-26,41H;/q-2;+2. The van der Waals surface area contributed by atoms with Gasteiger partial charge in [-0.05, 0) is 33.9 Å². The minimum atomic E-state index is -1.31. The predicted octanol–water partition coefficient (Wildman–Crippen LogP) is 8.87. The molecule has 1 heterocycles. The van der Waals surface area contributed by atoms with Gasteiger partial charge in [-0.3, -0.25) is 0 Å². The van der Waals surface area contributed by atoms with E-state index in [9.17, 15) is 0 Å². The maximum atomic E-state index is 6.64. The van der Waals surface area contributed by atoms with Crippen molar-refractivity contribution in [2.24, 2.45) is 0 Å². The number of aromatic nitrogens is 1. The summed E-state index contributed by atoms with van der Waals surface area (Å²) in [5, 5.41) is 4.86. The molecule has 0 amide bonds. The molecule has 9 rings (SSSR count). The van der Waals surface area contributed by atoms with Crippen LogP contribution in [0.5, 0.6) is 0 Å². The van der Waals surface area contributed by atoms with Gasteiger partial charge < -0.3 is 4.42 Å². The van der Waals surface area contributed by atoms with Crippen LogP contribution in [-0.4, -0.2) is 13.8 Å². The minimum absolute atomic E-state index is 0. The Hall–Kier alpha value is -4.85. The summed E-state index contributed by atoms with van der Waals surface area (Å²) in [6.07, 6.45) is 0. The average Bonchev–Trinajstić information content (AvgIpc) is 3.69. The van der Waals surface area contributed by atoms with Crippen molar-refractivity contribution in [3.8, 4) is 33.7 Å². The van der Waals surface area contributed by atoms with Gasteiger partial charge in [0, 0.05) is 5.54 Å². The van der Waals surface area contributed by atoms with Crippen LogP contribution < -0.4 is 10.4 Å². The number of hydrogen-bond acceptors (Lipinski definition) is 2. The fourth-order valence-corrected chi connectivity index (χ4v) is 10.2. The number of fused-ring (bicyclic) bond motifs is 6. The molecule has 1 aromatic heterocycles. The van der Waals surface area contributed by atoms with E-state index in [0.29, 0.717) is 5.89 Å². The molecular formula is C42H26NOPdSi. The van der Waals surface area contributed by atoms with E-state index in [1.807, 2.05) is 18.2 Å². The van der Waals surface area contributed by atoms with Crippen LogP contribution in [0.15, 0.2) is 156 Å². The fraction of sp³-hybridized carbons (Fsp3) is 0.0238. The van der Waals surface area contributed by atoms with E-state index in [1.54, 1.807) is 0 Å². The fourth-order valence-electron chi connectivity index (χ4n) is 6.94. The molecule has 0 N–H and O–H groups in total. The second-order valence-electron chi connectivity index (χ2n) is 11.5. The van der Waals surface area contributed by atoms with Gasteiger partial charge in [0.05, 0.1) is 0 Å². The van der Waals surface area contributed by atoms with Gasteiger partial charge in [-0.1, -0.05) is 125 Å². The molecule has 1 atom stereocenters. The Morgan fingerprint density at radius 3 is 2.07 bits per heavy atom. The van der Waals surface area contributed by atoms with E-state index in [-0.39, 0.29) is 26.0 Å². The van der Waals surface area contributed by atoms with Crippen LogP contribution in [0.1, 0.15) is 16.7 Å². The van der Waals surface area contributed by atoms with Crippen molar-refractivity contribution < 1.29 is 24.8 Å². The number of nitrogens with zero attached hydrogens (tertiary/aromatic N) is 1. The van der Waals surface area contributed by atoms with Gasteiger partial charge in [-0.2, -0.15) is 42.0 Å². The molecule has 0 saturated carbocycles. The van der Waals surface area contributed by atoms with E-state index >= 15 is 0 Å². The SMILES string of the molecule is [Pd+2].[c-]1ccccc1-c1[c-]c2c(-c3nc4c5c(ccc4o3)-c3ccccc3C5[Si](c3ccccc3)c3ccccc3)cccc2cc1. The molecule has 0 saturated heterocycles. The molecule has 1 aliphatic rings. The third-order valence-electron chi connectivity index (χ3n) is 8.92. The first-order chi connectivity index (χ1) is 22.3. The molecule has 8 aromatic rings. The first-order valence-corrected chi connectivity index (χ1v) is 16.8. The molecule has 4 heteroatoms. The van der Waals surface area contributed by atoms with Crippen LogP contribution in [-0.2, 0) is 20.4 Å². The van der Waals surface area contributed by atoms with E-state index in [0.717, 1.165) is 38.6 Å². The number of oxazole rings is 1. The van der Waals surface area contributed by atoms with Crippen molar-refractivity contribution in [1.82, 2.24) is 4.98 Å². The molecule has 1 aliphatic carbocycles. The second-order valence-corrected chi connectivity index (χ2v) is 14.0. The summed E-state index contributed by atoms with van der Waals surface area (Å²) >= 11 is 0. The van der Waals surface area contributed by atoms with E-state index < -0.39 is 8.80 Å². The van der Waals surface area contributed by atoms with Gasteiger partial charge in [0.1, 0.15) is 14.3 Å². The Morgan fingerprint density at radius 2 is 1.30 bits per heavy atom. The third kappa shape index (κ3) is 4.70. The molecule has 0 bridgehead atoms. The van der Waals surface area contributed by atoms with Crippen molar-refractivity contribution in [2.75, 3.05) is 0 Å². The second kappa shape index (κ2) is 11.8. The number of hydrogen-bond donors (Lipinski definition) is 0. The molecule has 0 spiro atoms. The van der Waals surface area contributed by atoms with Crippen LogP contribution in [0.3, 0.4) is 0 Å². The third-order valence-corrected chi connectivity index (χ3v) is 12.0. The quantitative estimate of drug-likeness (QED) is 0.133. The van der Waals surface area contributed by atoms with Crippen molar-refractivity contribution >= 4 is 41.0 Å². The summed E-state index contributed by atoms with van der Waals surface area (Å²) in [4.78, 5) is 5.33. The van der Waals surface area contributed by atoms with E-state index in [4.69, 9.17) is 9.40 Å². The van der Waals surface area contributed by atoms with Crippen LogP contribution in [0, 0.1) is 12.1 Å². The Balaban J connectivity index is 0.00000312. The van der Waals surface area contributed by atoms with Crippen molar-refractivity contribution in [3.05, 3.63) is 175 Å². The molecule has 1 unspecified atom stereocenters. The van der Waals surface area contributed by atoms with Gasteiger partial charge in [-0.25, -0.2) is 10.5 Å². The van der Waals surface area contributed by atoms with E-state index in [1.165, 1.54) is 32.6 Å². The Labute approximate surface area is 283 Å². The average molecular weight is 695 g/mol. The largest absolute Gasteiger partial charge is 2.00 e. The van der Waals surface area contributed by atoms with Crippen molar-refractivity contribution in [1.29, 1.82) is 0 Å². The minimum Gasteiger partial charge on any atom is -0.443 e. The van der Waals surface area contributed by atoms with Gasteiger partial charge in [-0.15, -0.1) is 17.5 Å². The predicted molar refractivity (Wildman–Crippen MR) is 185 cm³/mol. The zero-order valence-corrected chi connectivity index (χ0v) is 27.2. The van der Waals surface area contributed by atoms with Crippen LogP contribution in [0.4, 0.5) is 0 Å². The molecule has 46 heavy (non-hydrogen) atoms. The van der Waals surface area contributed by atoms with Crippen LogP contribution in [0.25, 0.3) is 55.6 Å². The van der Waals surface area contributed by atoms with Gasteiger partial charge in [0.15, 0.2) is 11.5 Å². The monoisotopic (exact) mass is 694 g/mol. The molecule has 1 radical (unpaired) electrons. The van der Waals surface area contributed by atoms with Crippen LogP contribution >= 0.6 is 0 Å². The summed E-state index contributed by atoms with van der Waals surface area (Å²) in [5.41, 5.74) is 10.1. The molecule has 7 aromatic carbocycles. The summed E-state index contributed by atoms with van der Waals surface area (Å²) in [6, 6.07) is 60.9. The molecule has 2 nitrogen and oxygen atoms in total. The zero-order valence-electron chi connectivity index (χ0n) is 24.7. The van der Waals surface area contributed by atoms with Crippen LogP contribution in [0.2, 0.25) is 0 Å². The normalized spacial score (nSPS) is 13.5. The zero-order chi connectivity index (χ0) is 29.7. The molecule has 0 aliphatic heterocycles. The van der Waals surface area contributed by atoms with E-state index in [2.05, 4.69) is 146 Å². The van der Waals surface area contributed by atoms with Crippen molar-refractivity contribution in [3.63, 3.8) is 0 Å². The van der Waals surface area contributed by atoms with Gasteiger partial charge in [0.2, 0.25) is 0 Å². The van der Waals surface area contributed by atoms with Gasteiger partial charge >= 0.3 is 20.4 Å². The first kappa shape index (κ1) is 28.6. The Kier molecular flexibility index (Phi) is 7.35. The van der Waals surface area contributed by atoms with Gasteiger partial charge in [0.25, 0.3) is 0 Å².